The Hall–Kier alpha value is -2.04. The number of carbonyl (C=O) groups is 1. The number of para-hydroxylation sites is 1. The van der Waals surface area contributed by atoms with Crippen molar-refractivity contribution < 1.29 is 9.69 Å². The zero-order valence-electron chi connectivity index (χ0n) is 13.8. The number of benzene rings is 2. The molecule has 4 nitrogen and oxygen atoms in total. The van der Waals surface area contributed by atoms with E-state index in [0.717, 1.165) is 31.9 Å². The van der Waals surface area contributed by atoms with Crippen LogP contribution < -0.4 is 15.1 Å². The summed E-state index contributed by atoms with van der Waals surface area (Å²) in [5, 5.41) is 3.59. The van der Waals surface area contributed by atoms with Gasteiger partial charge in [0.1, 0.15) is 0 Å². The van der Waals surface area contributed by atoms with Gasteiger partial charge in [0, 0.05) is 16.4 Å². The molecular formula is C19H23ClN3O+. The minimum atomic E-state index is -0.0816. The van der Waals surface area contributed by atoms with E-state index in [2.05, 4.69) is 34.5 Å². The van der Waals surface area contributed by atoms with Gasteiger partial charge >= 0.3 is 0 Å². The number of hydrogen-bond acceptors (Lipinski definition) is 2. The van der Waals surface area contributed by atoms with Crippen molar-refractivity contribution in [3.63, 3.8) is 0 Å². The van der Waals surface area contributed by atoms with Gasteiger partial charge in [0.25, 0.3) is 5.91 Å². The molecule has 2 aromatic carbocycles. The Kier molecular flexibility index (Phi) is 5.38. The van der Waals surface area contributed by atoms with Crippen molar-refractivity contribution >= 4 is 28.9 Å². The van der Waals surface area contributed by atoms with Gasteiger partial charge in [-0.1, -0.05) is 35.9 Å². The standard InChI is InChI=1S/C19H22ClN3O/c1-15(19(24)21-17-7-5-6-16(20)14-17)22-10-12-23(13-11-22)18-8-3-2-4-9-18/h2-9,14-15H,10-13H2,1H3,(H,21,24)/p+1/t15-/m1/s1. The summed E-state index contributed by atoms with van der Waals surface area (Å²) in [4.78, 5) is 16.2. The predicted molar refractivity (Wildman–Crippen MR) is 98.9 cm³/mol. The van der Waals surface area contributed by atoms with Crippen LogP contribution in [0.4, 0.5) is 11.4 Å². The summed E-state index contributed by atoms with van der Waals surface area (Å²) in [7, 11) is 0. The maximum Gasteiger partial charge on any atom is 0.282 e. The molecule has 1 saturated heterocycles. The molecule has 1 aliphatic rings. The van der Waals surface area contributed by atoms with Gasteiger partial charge in [0.2, 0.25) is 0 Å². The minimum absolute atomic E-state index is 0.0421. The highest BCUT2D eigenvalue weighted by Crippen LogP contribution is 2.15. The third-order valence-electron chi connectivity index (χ3n) is 4.62. The molecule has 0 saturated carbocycles. The lowest BCUT2D eigenvalue weighted by molar-refractivity contribution is -0.914. The van der Waals surface area contributed by atoms with Crippen molar-refractivity contribution in [1.82, 2.24) is 0 Å². The van der Waals surface area contributed by atoms with Crippen LogP contribution in [0.1, 0.15) is 6.92 Å². The number of nitrogens with zero attached hydrogens (tertiary/aromatic N) is 1. The molecule has 0 bridgehead atoms. The Balaban J connectivity index is 1.55. The summed E-state index contributed by atoms with van der Waals surface area (Å²) < 4.78 is 0. The normalized spacial score (nSPS) is 16.7. The topological polar surface area (TPSA) is 36.8 Å². The lowest BCUT2D eigenvalue weighted by atomic mass is 10.2. The lowest BCUT2D eigenvalue weighted by Crippen LogP contribution is -3.19. The molecule has 0 aromatic heterocycles. The number of hydrogen-bond donors (Lipinski definition) is 2. The summed E-state index contributed by atoms with van der Waals surface area (Å²) in [5.41, 5.74) is 2.01. The first-order valence-corrected chi connectivity index (χ1v) is 8.72. The summed E-state index contributed by atoms with van der Waals surface area (Å²) in [5.74, 6) is 0.0421. The van der Waals surface area contributed by atoms with Gasteiger partial charge in [0.15, 0.2) is 6.04 Å². The molecule has 126 valence electrons. The van der Waals surface area contributed by atoms with Crippen LogP contribution in [-0.2, 0) is 4.79 Å². The molecular weight excluding hydrogens is 322 g/mol. The van der Waals surface area contributed by atoms with Crippen LogP contribution in [0.5, 0.6) is 0 Å². The van der Waals surface area contributed by atoms with E-state index in [0.29, 0.717) is 5.02 Å². The van der Waals surface area contributed by atoms with Gasteiger partial charge in [0.05, 0.1) is 26.2 Å². The highest BCUT2D eigenvalue weighted by Gasteiger charge is 2.29. The van der Waals surface area contributed by atoms with Crippen LogP contribution in [-0.4, -0.2) is 38.1 Å². The van der Waals surface area contributed by atoms with Gasteiger partial charge in [-0.2, -0.15) is 0 Å². The third kappa shape index (κ3) is 4.08. The molecule has 1 amide bonds. The molecule has 2 aromatic rings. The first-order valence-electron chi connectivity index (χ1n) is 8.34. The maximum atomic E-state index is 12.5. The van der Waals surface area contributed by atoms with Crippen LogP contribution in [0.25, 0.3) is 0 Å². The Morgan fingerprint density at radius 1 is 1.12 bits per heavy atom. The molecule has 3 rings (SSSR count). The molecule has 0 aliphatic carbocycles. The van der Waals surface area contributed by atoms with Crippen molar-refractivity contribution in [2.75, 3.05) is 36.4 Å². The molecule has 5 heteroatoms. The van der Waals surface area contributed by atoms with Crippen molar-refractivity contribution in [1.29, 1.82) is 0 Å². The van der Waals surface area contributed by atoms with Gasteiger partial charge in [-0.25, -0.2) is 0 Å². The molecule has 1 fully saturated rings. The number of carbonyl (C=O) groups excluding carboxylic acids is 1. The van der Waals surface area contributed by atoms with E-state index in [1.165, 1.54) is 10.6 Å². The van der Waals surface area contributed by atoms with Gasteiger partial charge < -0.3 is 15.1 Å². The van der Waals surface area contributed by atoms with Gasteiger partial charge in [-0.15, -0.1) is 0 Å². The average Bonchev–Trinajstić information content (AvgIpc) is 2.62. The predicted octanol–water partition coefficient (Wildman–Crippen LogP) is 2.07. The summed E-state index contributed by atoms with van der Waals surface area (Å²) in [6.07, 6.45) is 0. The highest BCUT2D eigenvalue weighted by atomic mass is 35.5. The third-order valence-corrected chi connectivity index (χ3v) is 4.86. The summed E-state index contributed by atoms with van der Waals surface area (Å²) in [6.45, 7) is 5.84. The second-order valence-electron chi connectivity index (χ2n) is 6.20. The van der Waals surface area contributed by atoms with E-state index in [1.54, 1.807) is 12.1 Å². The number of rotatable bonds is 4. The number of anilines is 2. The van der Waals surface area contributed by atoms with E-state index in [-0.39, 0.29) is 11.9 Å². The molecule has 1 atom stereocenters. The second-order valence-corrected chi connectivity index (χ2v) is 6.64. The molecule has 0 radical (unpaired) electrons. The van der Waals surface area contributed by atoms with Gasteiger partial charge in [-0.3, -0.25) is 4.79 Å². The fourth-order valence-electron chi connectivity index (χ4n) is 3.13. The molecule has 1 heterocycles. The van der Waals surface area contributed by atoms with Crippen molar-refractivity contribution in [2.24, 2.45) is 0 Å². The largest absolute Gasteiger partial charge is 0.360 e. The summed E-state index contributed by atoms with van der Waals surface area (Å²) >= 11 is 5.97. The van der Waals surface area contributed by atoms with E-state index < -0.39 is 0 Å². The first kappa shape index (κ1) is 16.8. The zero-order chi connectivity index (χ0) is 16.9. The summed E-state index contributed by atoms with van der Waals surface area (Å²) in [6, 6.07) is 17.6. The maximum absolute atomic E-state index is 12.5. The van der Waals surface area contributed by atoms with Crippen LogP contribution in [0.15, 0.2) is 54.6 Å². The zero-order valence-corrected chi connectivity index (χ0v) is 14.6. The van der Waals surface area contributed by atoms with Crippen molar-refractivity contribution in [2.45, 2.75) is 13.0 Å². The Morgan fingerprint density at radius 2 is 1.83 bits per heavy atom. The number of halogens is 1. The molecule has 24 heavy (non-hydrogen) atoms. The van der Waals surface area contributed by atoms with Crippen molar-refractivity contribution in [3.8, 4) is 0 Å². The van der Waals surface area contributed by atoms with E-state index in [4.69, 9.17) is 11.6 Å². The average molecular weight is 345 g/mol. The van der Waals surface area contributed by atoms with Crippen molar-refractivity contribution in [3.05, 3.63) is 59.6 Å². The highest BCUT2D eigenvalue weighted by molar-refractivity contribution is 6.30. The van der Waals surface area contributed by atoms with Crippen LogP contribution in [0.3, 0.4) is 0 Å². The fraction of sp³-hybridized carbons (Fsp3) is 0.316. The SMILES string of the molecule is C[C@H](C(=O)Nc1cccc(Cl)c1)[NH+]1CCN(c2ccccc2)CC1. The smallest absolute Gasteiger partial charge is 0.282 e. The molecule has 0 spiro atoms. The Morgan fingerprint density at radius 3 is 2.50 bits per heavy atom. The van der Waals surface area contributed by atoms with E-state index in [1.807, 2.05) is 25.1 Å². The minimum Gasteiger partial charge on any atom is -0.360 e. The van der Waals surface area contributed by atoms with Crippen LogP contribution in [0, 0.1) is 0 Å². The van der Waals surface area contributed by atoms with Crippen LogP contribution in [0.2, 0.25) is 5.02 Å². The lowest BCUT2D eigenvalue weighted by Gasteiger charge is -2.36. The molecule has 0 unspecified atom stereocenters. The number of nitrogens with one attached hydrogen (secondary N) is 2. The number of amides is 1. The number of quaternary nitrogens is 1. The first-order chi connectivity index (χ1) is 11.6. The molecule has 1 aliphatic heterocycles. The van der Waals surface area contributed by atoms with Gasteiger partial charge in [-0.05, 0) is 37.3 Å². The number of piperazine rings is 1. The van der Waals surface area contributed by atoms with E-state index in [9.17, 15) is 4.79 Å². The van der Waals surface area contributed by atoms with Crippen LogP contribution >= 0.6 is 11.6 Å². The Bertz CT molecular complexity index is 684. The monoisotopic (exact) mass is 344 g/mol. The molecule has 2 N–H and O–H groups in total. The quantitative estimate of drug-likeness (QED) is 0.891. The second kappa shape index (κ2) is 7.69. The fourth-order valence-corrected chi connectivity index (χ4v) is 3.32. The Labute approximate surface area is 148 Å². The van der Waals surface area contributed by atoms with E-state index >= 15 is 0 Å².